The lowest BCUT2D eigenvalue weighted by Gasteiger charge is -2.26. The van der Waals surface area contributed by atoms with Gasteiger partial charge in [-0.15, -0.1) is 0 Å². The van der Waals surface area contributed by atoms with Crippen LogP contribution in [0, 0.1) is 13.8 Å². The van der Waals surface area contributed by atoms with Crippen LogP contribution < -0.4 is 5.32 Å². The maximum atomic E-state index is 13.2. The summed E-state index contributed by atoms with van der Waals surface area (Å²) >= 11 is 1.99. The molecule has 2 aliphatic heterocycles. The molecule has 0 bridgehead atoms. The van der Waals surface area contributed by atoms with Gasteiger partial charge in [0.1, 0.15) is 6.04 Å². The number of carbonyl (C=O) groups excluding carboxylic acids is 1. The van der Waals surface area contributed by atoms with Crippen molar-refractivity contribution >= 4 is 33.4 Å². The number of rotatable bonds is 6. The van der Waals surface area contributed by atoms with E-state index in [1.807, 2.05) is 37.7 Å². The van der Waals surface area contributed by atoms with E-state index < -0.39 is 16.1 Å². The summed E-state index contributed by atoms with van der Waals surface area (Å²) in [6.45, 7) is 7.26. The van der Waals surface area contributed by atoms with Crippen LogP contribution >= 0.6 is 11.8 Å². The van der Waals surface area contributed by atoms with Crippen LogP contribution in [-0.4, -0.2) is 60.7 Å². The molecule has 1 N–H and O–H groups in total. The van der Waals surface area contributed by atoms with E-state index in [4.69, 9.17) is 0 Å². The number of thioether (sulfide) groups is 1. The molecule has 2 aromatic rings. The quantitative estimate of drug-likeness (QED) is 0.694. The zero-order chi connectivity index (χ0) is 22.7. The van der Waals surface area contributed by atoms with E-state index in [9.17, 15) is 13.2 Å². The number of anilines is 1. The standard InChI is InChI=1S/C24H31N3O3S2/c1-18-5-9-21(10-6-18)32(29,30)27-11-3-4-23(27)24(28)25-22-16-20(8-7-19(22)2)17-26-12-14-31-15-13-26/h5-10,16,23H,3-4,11-15,17H2,1-2H3,(H,25,28)/t23-/m0/s1. The van der Waals surface area contributed by atoms with Crippen molar-refractivity contribution in [2.24, 2.45) is 0 Å². The molecule has 2 aromatic carbocycles. The number of benzene rings is 2. The van der Waals surface area contributed by atoms with Gasteiger partial charge in [0.25, 0.3) is 0 Å². The molecule has 0 radical (unpaired) electrons. The van der Waals surface area contributed by atoms with Gasteiger partial charge in [-0.1, -0.05) is 29.8 Å². The molecule has 0 unspecified atom stereocenters. The number of nitrogens with one attached hydrogen (secondary N) is 1. The molecule has 6 nitrogen and oxygen atoms in total. The molecule has 2 aliphatic rings. The Morgan fingerprint density at radius 3 is 2.50 bits per heavy atom. The van der Waals surface area contributed by atoms with Crippen LogP contribution in [0.1, 0.15) is 29.5 Å². The van der Waals surface area contributed by atoms with Crippen molar-refractivity contribution in [3.63, 3.8) is 0 Å². The number of hydrogen-bond donors (Lipinski definition) is 1. The SMILES string of the molecule is Cc1ccc(S(=O)(=O)N2CCC[C@H]2C(=O)Nc2cc(CN3CCSCC3)ccc2C)cc1. The summed E-state index contributed by atoms with van der Waals surface area (Å²) in [5, 5.41) is 3.02. The molecule has 2 saturated heterocycles. The molecule has 2 fully saturated rings. The minimum absolute atomic E-state index is 0.237. The Kier molecular flexibility index (Phi) is 7.24. The summed E-state index contributed by atoms with van der Waals surface area (Å²) in [7, 11) is -3.72. The first-order chi connectivity index (χ1) is 15.3. The molecule has 0 aromatic heterocycles. The van der Waals surface area contributed by atoms with Crippen LogP contribution in [0.2, 0.25) is 0 Å². The van der Waals surface area contributed by atoms with Crippen molar-refractivity contribution in [3.05, 3.63) is 59.2 Å². The normalized spacial score (nSPS) is 20.4. The smallest absolute Gasteiger partial charge is 0.243 e. The Balaban J connectivity index is 1.49. The van der Waals surface area contributed by atoms with Crippen LogP contribution in [0.5, 0.6) is 0 Å². The third kappa shape index (κ3) is 5.20. The minimum Gasteiger partial charge on any atom is -0.324 e. The number of nitrogens with zero attached hydrogens (tertiary/aromatic N) is 2. The lowest BCUT2D eigenvalue weighted by molar-refractivity contribution is -0.119. The Hall–Kier alpha value is -1.87. The van der Waals surface area contributed by atoms with Gasteiger partial charge >= 0.3 is 0 Å². The highest BCUT2D eigenvalue weighted by Gasteiger charge is 2.39. The van der Waals surface area contributed by atoms with Gasteiger partial charge < -0.3 is 5.32 Å². The maximum absolute atomic E-state index is 13.2. The highest BCUT2D eigenvalue weighted by atomic mass is 32.2. The van der Waals surface area contributed by atoms with Crippen LogP contribution in [-0.2, 0) is 21.4 Å². The van der Waals surface area contributed by atoms with E-state index >= 15 is 0 Å². The fraction of sp³-hybridized carbons (Fsp3) is 0.458. The van der Waals surface area contributed by atoms with Crippen molar-refractivity contribution in [1.82, 2.24) is 9.21 Å². The molecule has 0 spiro atoms. The molecule has 4 rings (SSSR count). The summed E-state index contributed by atoms with van der Waals surface area (Å²) in [5.41, 5.74) is 3.90. The predicted octanol–water partition coefficient (Wildman–Crippen LogP) is 3.64. The fourth-order valence-electron chi connectivity index (χ4n) is 4.27. The van der Waals surface area contributed by atoms with E-state index in [-0.39, 0.29) is 10.8 Å². The molecule has 0 aliphatic carbocycles. The van der Waals surface area contributed by atoms with Crippen molar-refractivity contribution in [2.45, 2.75) is 44.2 Å². The summed E-state index contributed by atoms with van der Waals surface area (Å²) in [4.78, 5) is 15.8. The first-order valence-electron chi connectivity index (χ1n) is 11.1. The number of carbonyl (C=O) groups is 1. The lowest BCUT2D eigenvalue weighted by Crippen LogP contribution is -2.43. The average molecular weight is 474 g/mol. The molecule has 2 heterocycles. The third-order valence-corrected chi connectivity index (χ3v) is 9.07. The molecule has 32 heavy (non-hydrogen) atoms. The highest BCUT2D eigenvalue weighted by molar-refractivity contribution is 7.99. The number of sulfonamides is 1. The number of hydrogen-bond acceptors (Lipinski definition) is 5. The monoisotopic (exact) mass is 473 g/mol. The molecular formula is C24H31N3O3S2. The van der Waals surface area contributed by atoms with Crippen LogP contribution in [0.15, 0.2) is 47.4 Å². The largest absolute Gasteiger partial charge is 0.324 e. The van der Waals surface area contributed by atoms with E-state index in [2.05, 4.69) is 16.3 Å². The molecule has 8 heteroatoms. The Morgan fingerprint density at radius 2 is 1.78 bits per heavy atom. The van der Waals surface area contributed by atoms with E-state index in [1.54, 1.807) is 24.3 Å². The summed E-state index contributed by atoms with van der Waals surface area (Å²) in [6.07, 6.45) is 1.20. The topological polar surface area (TPSA) is 69.7 Å². The molecular weight excluding hydrogens is 442 g/mol. The molecule has 1 amide bonds. The van der Waals surface area contributed by atoms with Crippen molar-refractivity contribution < 1.29 is 13.2 Å². The van der Waals surface area contributed by atoms with Gasteiger partial charge in [-0.3, -0.25) is 9.69 Å². The summed E-state index contributed by atoms with van der Waals surface area (Å²) in [5.74, 6) is 2.05. The lowest BCUT2D eigenvalue weighted by atomic mass is 10.1. The highest BCUT2D eigenvalue weighted by Crippen LogP contribution is 2.28. The number of amides is 1. The van der Waals surface area contributed by atoms with Gasteiger partial charge in [0.15, 0.2) is 0 Å². The molecule has 1 atom stereocenters. The van der Waals surface area contributed by atoms with Crippen LogP contribution in [0.4, 0.5) is 5.69 Å². The number of aryl methyl sites for hydroxylation is 2. The van der Waals surface area contributed by atoms with E-state index in [0.717, 1.165) is 53.5 Å². The molecule has 0 saturated carbocycles. The third-order valence-electron chi connectivity index (χ3n) is 6.20. The van der Waals surface area contributed by atoms with E-state index in [0.29, 0.717) is 19.4 Å². The second kappa shape index (κ2) is 9.95. The minimum atomic E-state index is -3.72. The first kappa shape index (κ1) is 23.3. The first-order valence-corrected chi connectivity index (χ1v) is 13.7. The van der Waals surface area contributed by atoms with E-state index in [1.165, 1.54) is 4.31 Å². The van der Waals surface area contributed by atoms with Crippen molar-refractivity contribution in [3.8, 4) is 0 Å². The van der Waals surface area contributed by atoms with Gasteiger partial charge in [0.05, 0.1) is 4.90 Å². The second-order valence-electron chi connectivity index (χ2n) is 8.61. The van der Waals surface area contributed by atoms with Crippen molar-refractivity contribution in [2.75, 3.05) is 36.5 Å². The fourth-order valence-corrected chi connectivity index (χ4v) is 6.91. The van der Waals surface area contributed by atoms with Crippen molar-refractivity contribution in [1.29, 1.82) is 0 Å². The molecule has 172 valence electrons. The second-order valence-corrected chi connectivity index (χ2v) is 11.7. The predicted molar refractivity (Wildman–Crippen MR) is 131 cm³/mol. The van der Waals surface area contributed by atoms with Gasteiger partial charge in [0.2, 0.25) is 15.9 Å². The Labute approximate surface area is 195 Å². The maximum Gasteiger partial charge on any atom is 0.243 e. The van der Waals surface area contributed by atoms with Gasteiger partial charge in [-0.25, -0.2) is 8.42 Å². The zero-order valence-corrected chi connectivity index (χ0v) is 20.3. The Morgan fingerprint density at radius 1 is 1.06 bits per heavy atom. The van der Waals surface area contributed by atoms with Gasteiger partial charge in [-0.2, -0.15) is 16.1 Å². The van der Waals surface area contributed by atoms with Crippen LogP contribution in [0.3, 0.4) is 0 Å². The summed E-state index contributed by atoms with van der Waals surface area (Å²) < 4.78 is 27.7. The summed E-state index contributed by atoms with van der Waals surface area (Å²) in [6, 6.07) is 12.3. The van der Waals surface area contributed by atoms with Gasteiger partial charge in [-0.05, 0) is 56.0 Å². The Bertz CT molecular complexity index is 1060. The average Bonchev–Trinajstić information content (AvgIpc) is 3.28. The van der Waals surface area contributed by atoms with Gasteiger partial charge in [0, 0.05) is 43.4 Å². The van der Waals surface area contributed by atoms with Crippen LogP contribution in [0.25, 0.3) is 0 Å². The zero-order valence-electron chi connectivity index (χ0n) is 18.7.